The van der Waals surface area contributed by atoms with E-state index in [1.807, 2.05) is 11.8 Å². The molecule has 94 valence electrons. The van der Waals surface area contributed by atoms with Crippen molar-refractivity contribution < 1.29 is 4.74 Å². The average Bonchev–Trinajstić information content (AvgIpc) is 2.81. The predicted octanol–water partition coefficient (Wildman–Crippen LogP) is 2.47. The number of nitrogen functional groups attached to an aromatic ring is 1. The Morgan fingerprint density at radius 3 is 2.59 bits per heavy atom. The van der Waals surface area contributed by atoms with E-state index in [9.17, 15) is 0 Å². The fourth-order valence-electron chi connectivity index (χ4n) is 2.23. The minimum atomic E-state index is -0.392. The van der Waals surface area contributed by atoms with Gasteiger partial charge in [0.25, 0.3) is 0 Å². The number of nitrogens with zero attached hydrogens (tertiary/aromatic N) is 2. The number of rotatable bonds is 4. The Bertz CT molecular complexity index is 410. The maximum absolute atomic E-state index is 6.01. The van der Waals surface area contributed by atoms with Gasteiger partial charge in [0, 0.05) is 24.2 Å². The van der Waals surface area contributed by atoms with E-state index < -0.39 is 5.60 Å². The van der Waals surface area contributed by atoms with Crippen LogP contribution in [0.15, 0.2) is 0 Å². The average molecular weight is 253 g/mol. The summed E-state index contributed by atoms with van der Waals surface area (Å²) in [6.45, 7) is 4.18. The maximum atomic E-state index is 6.01. The number of hydrogen-bond donors (Lipinski definition) is 1. The third-order valence-electron chi connectivity index (χ3n) is 3.55. The molecule has 2 rings (SSSR count). The molecule has 1 aliphatic rings. The zero-order valence-electron chi connectivity index (χ0n) is 10.6. The van der Waals surface area contributed by atoms with Crippen LogP contribution in [0.2, 0.25) is 0 Å². The van der Waals surface area contributed by atoms with Crippen molar-refractivity contribution in [3.63, 3.8) is 0 Å². The molecule has 0 bridgehead atoms. The van der Waals surface area contributed by atoms with Gasteiger partial charge in [-0.3, -0.25) is 0 Å². The fourth-order valence-corrected chi connectivity index (χ4v) is 3.28. The Morgan fingerprint density at radius 2 is 2.00 bits per heavy atom. The number of methoxy groups -OCH3 is 1. The first-order valence-electron chi connectivity index (χ1n) is 5.95. The molecule has 0 aromatic carbocycles. The van der Waals surface area contributed by atoms with Crippen molar-refractivity contribution in [1.29, 1.82) is 0 Å². The monoisotopic (exact) mass is 253 g/mol. The summed E-state index contributed by atoms with van der Waals surface area (Å²) in [6, 6.07) is 0. The highest BCUT2D eigenvalue weighted by molar-refractivity contribution is 7.98. The van der Waals surface area contributed by atoms with E-state index in [1.54, 1.807) is 7.11 Å². The van der Waals surface area contributed by atoms with Gasteiger partial charge in [-0.15, -0.1) is 0 Å². The molecule has 0 amide bonds. The molecule has 0 saturated carbocycles. The van der Waals surface area contributed by atoms with Gasteiger partial charge in [0.2, 0.25) is 0 Å². The highest BCUT2D eigenvalue weighted by Crippen LogP contribution is 2.36. The molecule has 0 radical (unpaired) electrons. The van der Waals surface area contributed by atoms with Crippen LogP contribution in [0.5, 0.6) is 0 Å². The lowest BCUT2D eigenvalue weighted by Gasteiger charge is -2.29. The largest absolute Gasteiger partial charge is 0.383 e. The second-order valence-electron chi connectivity index (χ2n) is 4.26. The van der Waals surface area contributed by atoms with Gasteiger partial charge < -0.3 is 10.5 Å². The number of ether oxygens (including phenoxy) is 1. The number of hydrogen-bond acceptors (Lipinski definition) is 5. The minimum Gasteiger partial charge on any atom is -0.383 e. The number of thioether (sulfide) groups is 1. The van der Waals surface area contributed by atoms with Crippen molar-refractivity contribution in [3.8, 4) is 0 Å². The van der Waals surface area contributed by atoms with Gasteiger partial charge in [-0.05, 0) is 12.8 Å². The van der Waals surface area contributed by atoms with Crippen LogP contribution in [-0.4, -0.2) is 17.1 Å². The summed E-state index contributed by atoms with van der Waals surface area (Å²) >= 11 is 1.84. The van der Waals surface area contributed by atoms with Gasteiger partial charge in [0.15, 0.2) is 5.82 Å². The van der Waals surface area contributed by atoms with Gasteiger partial charge >= 0.3 is 0 Å². The van der Waals surface area contributed by atoms with Crippen LogP contribution >= 0.6 is 11.8 Å². The standard InChI is InChI=1S/C12H19N3OS/c1-4-12(5-2,16-3)11-14-9-7-17-6-8(9)10(13)15-11/h4-7H2,1-3H3,(H2,13,14,15). The van der Waals surface area contributed by atoms with E-state index in [1.165, 1.54) is 0 Å². The van der Waals surface area contributed by atoms with Crippen molar-refractivity contribution >= 4 is 17.6 Å². The Hall–Kier alpha value is -0.810. The van der Waals surface area contributed by atoms with Crippen molar-refractivity contribution in [1.82, 2.24) is 9.97 Å². The van der Waals surface area contributed by atoms with Crippen LogP contribution in [0.25, 0.3) is 0 Å². The molecule has 0 aliphatic carbocycles. The summed E-state index contributed by atoms with van der Waals surface area (Å²) < 4.78 is 5.65. The number of aromatic nitrogens is 2. The summed E-state index contributed by atoms with van der Waals surface area (Å²) in [4.78, 5) is 9.12. The van der Waals surface area contributed by atoms with E-state index in [-0.39, 0.29) is 0 Å². The molecule has 5 heteroatoms. The summed E-state index contributed by atoms with van der Waals surface area (Å²) in [5, 5.41) is 0. The van der Waals surface area contributed by atoms with Crippen LogP contribution in [0.1, 0.15) is 43.8 Å². The van der Waals surface area contributed by atoms with E-state index in [0.29, 0.717) is 5.82 Å². The molecule has 1 aliphatic heterocycles. The Kier molecular flexibility index (Phi) is 3.58. The molecular weight excluding hydrogens is 234 g/mol. The lowest BCUT2D eigenvalue weighted by atomic mass is 9.95. The van der Waals surface area contributed by atoms with Crippen LogP contribution in [0.3, 0.4) is 0 Å². The zero-order chi connectivity index (χ0) is 12.5. The Morgan fingerprint density at radius 1 is 1.29 bits per heavy atom. The summed E-state index contributed by atoms with van der Waals surface area (Å²) in [6.07, 6.45) is 1.71. The topological polar surface area (TPSA) is 61.0 Å². The molecule has 4 nitrogen and oxygen atoms in total. The Balaban J connectivity index is 2.49. The van der Waals surface area contributed by atoms with Crippen molar-refractivity contribution in [3.05, 3.63) is 17.1 Å². The van der Waals surface area contributed by atoms with E-state index in [0.717, 1.165) is 41.4 Å². The smallest absolute Gasteiger partial charge is 0.162 e. The second-order valence-corrected chi connectivity index (χ2v) is 5.24. The maximum Gasteiger partial charge on any atom is 0.162 e. The quantitative estimate of drug-likeness (QED) is 0.893. The zero-order valence-corrected chi connectivity index (χ0v) is 11.4. The third-order valence-corrected chi connectivity index (χ3v) is 4.52. The molecule has 0 spiro atoms. The molecule has 0 saturated heterocycles. The first-order valence-corrected chi connectivity index (χ1v) is 7.11. The molecule has 17 heavy (non-hydrogen) atoms. The fraction of sp³-hybridized carbons (Fsp3) is 0.667. The first-order chi connectivity index (χ1) is 8.16. The van der Waals surface area contributed by atoms with Gasteiger partial charge in [0.1, 0.15) is 11.4 Å². The Labute approximate surface area is 106 Å². The van der Waals surface area contributed by atoms with Gasteiger partial charge in [-0.2, -0.15) is 11.8 Å². The summed E-state index contributed by atoms with van der Waals surface area (Å²) in [5.74, 6) is 3.23. The van der Waals surface area contributed by atoms with Crippen LogP contribution < -0.4 is 5.73 Å². The summed E-state index contributed by atoms with van der Waals surface area (Å²) in [5.41, 5.74) is 7.81. The molecular formula is C12H19N3OS. The van der Waals surface area contributed by atoms with Gasteiger partial charge in [0.05, 0.1) is 5.69 Å². The summed E-state index contributed by atoms with van der Waals surface area (Å²) in [7, 11) is 1.72. The normalized spacial score (nSPS) is 15.0. The second kappa shape index (κ2) is 4.82. The van der Waals surface area contributed by atoms with E-state index >= 15 is 0 Å². The van der Waals surface area contributed by atoms with Gasteiger partial charge in [-0.25, -0.2) is 9.97 Å². The van der Waals surface area contributed by atoms with Crippen LogP contribution in [-0.2, 0) is 21.8 Å². The highest BCUT2D eigenvalue weighted by atomic mass is 32.2. The number of nitrogens with two attached hydrogens (primary N) is 1. The number of fused-ring (bicyclic) bond motifs is 1. The minimum absolute atomic E-state index is 0.392. The molecule has 0 fully saturated rings. The first kappa shape index (κ1) is 12.6. The predicted molar refractivity (Wildman–Crippen MR) is 70.7 cm³/mol. The molecule has 1 aromatic rings. The number of anilines is 1. The third kappa shape index (κ3) is 2.02. The van der Waals surface area contributed by atoms with E-state index in [4.69, 9.17) is 10.5 Å². The van der Waals surface area contributed by atoms with Gasteiger partial charge in [-0.1, -0.05) is 13.8 Å². The van der Waals surface area contributed by atoms with Crippen LogP contribution in [0.4, 0.5) is 5.82 Å². The highest BCUT2D eigenvalue weighted by Gasteiger charge is 2.33. The van der Waals surface area contributed by atoms with Crippen molar-refractivity contribution in [2.45, 2.75) is 43.8 Å². The SMILES string of the molecule is CCC(CC)(OC)c1nc(N)c2c(n1)CSC2. The van der Waals surface area contributed by atoms with Crippen molar-refractivity contribution in [2.24, 2.45) is 0 Å². The molecule has 1 aromatic heterocycles. The van der Waals surface area contributed by atoms with Crippen LogP contribution in [0, 0.1) is 0 Å². The molecule has 0 unspecified atom stereocenters. The van der Waals surface area contributed by atoms with Crippen molar-refractivity contribution in [2.75, 3.05) is 12.8 Å². The molecule has 0 atom stereocenters. The van der Waals surface area contributed by atoms with E-state index in [2.05, 4.69) is 23.8 Å². The lowest BCUT2D eigenvalue weighted by molar-refractivity contribution is -0.0291. The molecule has 2 heterocycles. The molecule has 2 N–H and O–H groups in total. The lowest BCUT2D eigenvalue weighted by Crippen LogP contribution is -2.30.